The zero-order valence-corrected chi connectivity index (χ0v) is 12.3. The Balaban J connectivity index is 2.64. The van der Waals surface area contributed by atoms with Crippen LogP contribution in [0, 0.1) is 11.8 Å². The number of carbonyl (C=O) groups excluding carboxylic acids is 2. The summed E-state index contributed by atoms with van der Waals surface area (Å²) < 4.78 is 10.4. The van der Waals surface area contributed by atoms with Gasteiger partial charge in [-0.15, -0.1) is 0 Å². The van der Waals surface area contributed by atoms with Gasteiger partial charge in [0.1, 0.15) is 5.75 Å². The van der Waals surface area contributed by atoms with Crippen LogP contribution < -0.4 is 4.74 Å². The van der Waals surface area contributed by atoms with Crippen LogP contribution in [-0.4, -0.2) is 18.5 Å². The predicted molar refractivity (Wildman–Crippen MR) is 76.3 cm³/mol. The van der Waals surface area contributed by atoms with E-state index in [0.29, 0.717) is 25.2 Å². The first-order valence-corrected chi connectivity index (χ1v) is 6.98. The summed E-state index contributed by atoms with van der Waals surface area (Å²) in [7, 11) is 0. The molecule has 0 amide bonds. The van der Waals surface area contributed by atoms with Crippen LogP contribution >= 0.6 is 0 Å². The SMILES string of the molecule is CCCC(C(=O)OCC(C)C)C(=O)Oc1ccccc1. The maximum atomic E-state index is 12.1. The predicted octanol–water partition coefficient (Wildman–Crippen LogP) is 3.21. The second-order valence-electron chi connectivity index (χ2n) is 5.10. The van der Waals surface area contributed by atoms with Gasteiger partial charge in [-0.3, -0.25) is 9.59 Å². The molecule has 20 heavy (non-hydrogen) atoms. The van der Waals surface area contributed by atoms with Crippen LogP contribution in [0.5, 0.6) is 5.75 Å². The Morgan fingerprint density at radius 3 is 2.30 bits per heavy atom. The lowest BCUT2D eigenvalue weighted by atomic mass is 10.0. The van der Waals surface area contributed by atoms with Crippen molar-refractivity contribution in [2.75, 3.05) is 6.61 Å². The minimum absolute atomic E-state index is 0.242. The topological polar surface area (TPSA) is 52.6 Å². The lowest BCUT2D eigenvalue weighted by molar-refractivity contribution is -0.158. The van der Waals surface area contributed by atoms with E-state index >= 15 is 0 Å². The summed E-state index contributed by atoms with van der Waals surface area (Å²) >= 11 is 0. The highest BCUT2D eigenvalue weighted by Crippen LogP contribution is 2.16. The van der Waals surface area contributed by atoms with E-state index in [0.717, 1.165) is 0 Å². The van der Waals surface area contributed by atoms with Crippen LogP contribution in [-0.2, 0) is 14.3 Å². The normalized spacial score (nSPS) is 12.0. The lowest BCUT2D eigenvalue weighted by Crippen LogP contribution is -2.30. The molecule has 0 radical (unpaired) electrons. The third-order valence-electron chi connectivity index (χ3n) is 2.67. The van der Waals surface area contributed by atoms with Crippen LogP contribution in [0.2, 0.25) is 0 Å². The Morgan fingerprint density at radius 1 is 1.10 bits per heavy atom. The molecule has 0 saturated heterocycles. The zero-order chi connectivity index (χ0) is 15.0. The van der Waals surface area contributed by atoms with E-state index in [-0.39, 0.29) is 5.92 Å². The number of benzene rings is 1. The van der Waals surface area contributed by atoms with E-state index in [2.05, 4.69) is 0 Å². The number of hydrogen-bond donors (Lipinski definition) is 0. The van der Waals surface area contributed by atoms with Gasteiger partial charge in [0.05, 0.1) is 6.61 Å². The van der Waals surface area contributed by atoms with Crippen LogP contribution in [0.25, 0.3) is 0 Å². The fourth-order valence-electron chi connectivity index (χ4n) is 1.65. The van der Waals surface area contributed by atoms with E-state index in [1.54, 1.807) is 24.3 Å². The number of rotatable bonds is 7. The standard InChI is InChI=1S/C16H22O4/c1-4-8-14(15(17)19-11-12(2)3)16(18)20-13-9-6-5-7-10-13/h5-7,9-10,12,14H,4,8,11H2,1-3H3. The molecule has 1 atom stereocenters. The van der Waals surface area contributed by atoms with Gasteiger partial charge in [0, 0.05) is 0 Å². The molecular weight excluding hydrogens is 256 g/mol. The minimum atomic E-state index is -0.848. The minimum Gasteiger partial charge on any atom is -0.465 e. The Labute approximate surface area is 120 Å². The Kier molecular flexibility index (Phi) is 6.77. The van der Waals surface area contributed by atoms with Crippen molar-refractivity contribution in [1.29, 1.82) is 0 Å². The van der Waals surface area contributed by atoms with Crippen molar-refractivity contribution in [3.05, 3.63) is 30.3 Å². The monoisotopic (exact) mass is 278 g/mol. The van der Waals surface area contributed by atoms with Gasteiger partial charge in [-0.25, -0.2) is 0 Å². The van der Waals surface area contributed by atoms with Crippen molar-refractivity contribution in [3.8, 4) is 5.75 Å². The fraction of sp³-hybridized carbons (Fsp3) is 0.500. The van der Waals surface area contributed by atoms with E-state index < -0.39 is 17.9 Å². The first kappa shape index (κ1) is 16.2. The molecule has 0 spiro atoms. The maximum Gasteiger partial charge on any atom is 0.325 e. The molecule has 0 aliphatic heterocycles. The van der Waals surface area contributed by atoms with Crippen LogP contribution in [0.3, 0.4) is 0 Å². The van der Waals surface area contributed by atoms with E-state index in [4.69, 9.17) is 9.47 Å². The van der Waals surface area contributed by atoms with Crippen molar-refractivity contribution in [2.45, 2.75) is 33.6 Å². The average Bonchev–Trinajstić information content (AvgIpc) is 2.43. The second-order valence-corrected chi connectivity index (χ2v) is 5.10. The highest BCUT2D eigenvalue weighted by atomic mass is 16.6. The first-order valence-electron chi connectivity index (χ1n) is 6.98. The first-order chi connectivity index (χ1) is 9.54. The summed E-state index contributed by atoms with van der Waals surface area (Å²) in [6.45, 7) is 6.13. The number of carbonyl (C=O) groups is 2. The van der Waals surface area contributed by atoms with Gasteiger partial charge in [0.2, 0.25) is 0 Å². The molecule has 0 fully saturated rings. The number of ether oxygens (including phenoxy) is 2. The van der Waals surface area contributed by atoms with E-state index in [1.807, 2.05) is 26.8 Å². The van der Waals surface area contributed by atoms with Gasteiger partial charge in [-0.05, 0) is 24.5 Å². The van der Waals surface area contributed by atoms with Gasteiger partial charge >= 0.3 is 11.9 Å². The summed E-state index contributed by atoms with van der Waals surface area (Å²) in [5.41, 5.74) is 0. The third kappa shape index (κ3) is 5.43. The molecule has 0 aliphatic carbocycles. The molecule has 4 heteroatoms. The highest BCUT2D eigenvalue weighted by Gasteiger charge is 2.29. The molecule has 1 rings (SSSR count). The number of para-hydroxylation sites is 1. The molecule has 0 bridgehead atoms. The summed E-state index contributed by atoms with van der Waals surface area (Å²) in [5, 5.41) is 0. The third-order valence-corrected chi connectivity index (χ3v) is 2.67. The molecule has 0 aromatic heterocycles. The van der Waals surface area contributed by atoms with Gasteiger partial charge in [-0.2, -0.15) is 0 Å². The Hall–Kier alpha value is -1.84. The average molecular weight is 278 g/mol. The summed E-state index contributed by atoms with van der Waals surface area (Å²) in [6.07, 6.45) is 1.15. The molecule has 0 aliphatic rings. The smallest absolute Gasteiger partial charge is 0.325 e. The van der Waals surface area contributed by atoms with Crippen LogP contribution in [0.1, 0.15) is 33.6 Å². The van der Waals surface area contributed by atoms with Gasteiger partial charge < -0.3 is 9.47 Å². The molecule has 1 unspecified atom stereocenters. The molecule has 1 aromatic rings. The van der Waals surface area contributed by atoms with Gasteiger partial charge in [0.15, 0.2) is 5.92 Å². The fourth-order valence-corrected chi connectivity index (χ4v) is 1.65. The highest BCUT2D eigenvalue weighted by molar-refractivity contribution is 5.95. The maximum absolute atomic E-state index is 12.1. The van der Waals surface area contributed by atoms with Gasteiger partial charge in [-0.1, -0.05) is 45.4 Å². The number of hydrogen-bond acceptors (Lipinski definition) is 4. The molecule has 4 nitrogen and oxygen atoms in total. The molecular formula is C16H22O4. The van der Waals surface area contributed by atoms with Crippen LogP contribution in [0.4, 0.5) is 0 Å². The van der Waals surface area contributed by atoms with E-state index in [9.17, 15) is 9.59 Å². The molecule has 0 saturated carbocycles. The lowest BCUT2D eigenvalue weighted by Gasteiger charge is -2.15. The zero-order valence-electron chi connectivity index (χ0n) is 12.3. The molecule has 0 N–H and O–H groups in total. The van der Waals surface area contributed by atoms with Crippen molar-refractivity contribution < 1.29 is 19.1 Å². The summed E-state index contributed by atoms with van der Waals surface area (Å²) in [5.74, 6) is -1.21. The summed E-state index contributed by atoms with van der Waals surface area (Å²) in [4.78, 5) is 24.0. The van der Waals surface area contributed by atoms with Crippen LogP contribution in [0.15, 0.2) is 30.3 Å². The summed E-state index contributed by atoms with van der Waals surface area (Å²) in [6, 6.07) is 8.74. The Morgan fingerprint density at radius 2 is 1.75 bits per heavy atom. The van der Waals surface area contributed by atoms with Crippen molar-refractivity contribution in [2.24, 2.45) is 11.8 Å². The Bertz CT molecular complexity index is 425. The van der Waals surface area contributed by atoms with Crippen molar-refractivity contribution >= 4 is 11.9 Å². The second kappa shape index (κ2) is 8.35. The number of esters is 2. The largest absolute Gasteiger partial charge is 0.465 e. The molecule has 0 heterocycles. The van der Waals surface area contributed by atoms with Gasteiger partial charge in [0.25, 0.3) is 0 Å². The quantitative estimate of drug-likeness (QED) is 0.436. The molecule has 110 valence electrons. The van der Waals surface area contributed by atoms with E-state index in [1.165, 1.54) is 0 Å². The van der Waals surface area contributed by atoms with Crippen molar-refractivity contribution in [1.82, 2.24) is 0 Å². The molecule has 1 aromatic carbocycles. The van der Waals surface area contributed by atoms with Crippen molar-refractivity contribution in [3.63, 3.8) is 0 Å².